The molecule has 21 heavy (non-hydrogen) atoms. The van der Waals surface area contributed by atoms with Gasteiger partial charge in [0.2, 0.25) is 0 Å². The zero-order valence-corrected chi connectivity index (χ0v) is 14.1. The maximum absolute atomic E-state index is 4.09. The first-order chi connectivity index (χ1) is 10.2. The molecule has 0 saturated carbocycles. The fourth-order valence-corrected chi connectivity index (χ4v) is 3.44. The molecule has 1 aromatic heterocycles. The fourth-order valence-electron chi connectivity index (χ4n) is 2.72. The summed E-state index contributed by atoms with van der Waals surface area (Å²) in [4.78, 5) is 0. The van der Waals surface area contributed by atoms with E-state index >= 15 is 0 Å². The van der Waals surface area contributed by atoms with Gasteiger partial charge in [-0.2, -0.15) is 5.11 Å². The van der Waals surface area contributed by atoms with Crippen LogP contribution in [0.5, 0.6) is 0 Å². The average Bonchev–Trinajstić information content (AvgIpc) is 3.07. The third kappa shape index (κ3) is 2.22. The van der Waals surface area contributed by atoms with Crippen molar-refractivity contribution in [2.75, 3.05) is 6.54 Å². The normalized spacial score (nSPS) is 14.3. The van der Waals surface area contributed by atoms with Gasteiger partial charge in [0.1, 0.15) is 6.54 Å². The molecule has 4 rings (SSSR count). The summed E-state index contributed by atoms with van der Waals surface area (Å²) in [5, 5.41) is 14.2. The molecule has 0 aliphatic carbocycles. The number of hydrogen-bond donors (Lipinski definition) is 0. The van der Waals surface area contributed by atoms with Gasteiger partial charge < -0.3 is 4.57 Å². The van der Waals surface area contributed by atoms with Crippen LogP contribution < -0.4 is 0 Å². The van der Waals surface area contributed by atoms with Crippen LogP contribution in [0, 0.1) is 0 Å². The highest BCUT2D eigenvalue weighted by atomic mass is 79.9. The first-order valence-electron chi connectivity index (χ1n) is 6.51. The second-order valence-corrected chi connectivity index (χ2v) is 6.80. The maximum Gasteiger partial charge on any atom is 0.104 e. The predicted octanol–water partition coefficient (Wildman–Crippen LogP) is 5.14. The SMILES string of the molecule is Brc1ccc2c(c1)c1cc(Br)ccc1n2CC1=NN=NC1. The third-order valence-corrected chi connectivity index (χ3v) is 4.62. The van der Waals surface area contributed by atoms with E-state index in [0.717, 1.165) is 21.2 Å². The lowest BCUT2D eigenvalue weighted by atomic mass is 10.2. The van der Waals surface area contributed by atoms with Gasteiger partial charge in [-0.25, -0.2) is 0 Å². The molecular weight excluding hydrogens is 396 g/mol. The van der Waals surface area contributed by atoms with Gasteiger partial charge in [-0.05, 0) is 41.6 Å². The van der Waals surface area contributed by atoms with Gasteiger partial charge in [-0.15, -0.1) is 5.10 Å². The Kier molecular flexibility index (Phi) is 3.15. The topological polar surface area (TPSA) is 42.0 Å². The zero-order chi connectivity index (χ0) is 14.4. The lowest BCUT2D eigenvalue weighted by Crippen LogP contribution is -2.10. The smallest absolute Gasteiger partial charge is 0.104 e. The van der Waals surface area contributed by atoms with Gasteiger partial charge in [-0.3, -0.25) is 0 Å². The summed E-state index contributed by atoms with van der Waals surface area (Å²) in [6.07, 6.45) is 0. The van der Waals surface area contributed by atoms with Crippen LogP contribution in [0.25, 0.3) is 21.8 Å². The van der Waals surface area contributed by atoms with Gasteiger partial charge in [0.25, 0.3) is 0 Å². The summed E-state index contributed by atoms with van der Waals surface area (Å²) in [6, 6.07) is 12.7. The van der Waals surface area contributed by atoms with E-state index in [2.05, 4.69) is 88.3 Å². The summed E-state index contributed by atoms with van der Waals surface area (Å²) in [6.45, 7) is 1.31. The van der Waals surface area contributed by atoms with Crippen molar-refractivity contribution in [3.05, 3.63) is 45.3 Å². The van der Waals surface area contributed by atoms with E-state index < -0.39 is 0 Å². The number of nitrogens with zero attached hydrogens (tertiary/aromatic N) is 4. The van der Waals surface area contributed by atoms with Crippen molar-refractivity contribution in [1.29, 1.82) is 0 Å². The summed E-state index contributed by atoms with van der Waals surface area (Å²) < 4.78 is 4.44. The Balaban J connectivity index is 2.01. The minimum absolute atomic E-state index is 0.591. The molecule has 0 radical (unpaired) electrons. The number of benzene rings is 2. The van der Waals surface area contributed by atoms with Crippen LogP contribution >= 0.6 is 31.9 Å². The maximum atomic E-state index is 4.09. The highest BCUT2D eigenvalue weighted by molar-refractivity contribution is 9.10. The van der Waals surface area contributed by atoms with Crippen LogP contribution in [0.2, 0.25) is 0 Å². The van der Waals surface area contributed by atoms with Gasteiger partial charge in [0.05, 0.1) is 12.3 Å². The Morgan fingerprint density at radius 2 is 1.57 bits per heavy atom. The largest absolute Gasteiger partial charge is 0.335 e. The number of hydrogen-bond acceptors (Lipinski definition) is 3. The van der Waals surface area contributed by atoms with E-state index in [0.29, 0.717) is 6.54 Å². The minimum Gasteiger partial charge on any atom is -0.335 e. The molecule has 0 spiro atoms. The quantitative estimate of drug-likeness (QED) is 0.566. The predicted molar refractivity (Wildman–Crippen MR) is 92.0 cm³/mol. The Bertz CT molecular complexity index is 865. The van der Waals surface area contributed by atoms with Gasteiger partial charge >= 0.3 is 0 Å². The highest BCUT2D eigenvalue weighted by Gasteiger charge is 2.14. The third-order valence-electron chi connectivity index (χ3n) is 3.63. The Morgan fingerprint density at radius 3 is 2.10 bits per heavy atom. The Morgan fingerprint density at radius 1 is 0.952 bits per heavy atom. The summed E-state index contributed by atoms with van der Waals surface area (Å²) in [5.74, 6) is 0. The standard InChI is InChI=1S/C15H10Br2N4/c16-9-1-3-14-12(5-9)13-6-10(17)2-4-15(13)21(14)8-11-7-18-20-19-11/h1-6H,7-8H2. The van der Waals surface area contributed by atoms with Crippen LogP contribution in [-0.4, -0.2) is 16.8 Å². The van der Waals surface area contributed by atoms with Gasteiger partial charge in [0, 0.05) is 30.8 Å². The molecule has 104 valence electrons. The summed E-state index contributed by atoms with van der Waals surface area (Å²) >= 11 is 7.12. The monoisotopic (exact) mass is 404 g/mol. The molecule has 1 aliphatic rings. The lowest BCUT2D eigenvalue weighted by Gasteiger charge is -2.06. The minimum atomic E-state index is 0.591. The van der Waals surface area contributed by atoms with Crippen molar-refractivity contribution in [1.82, 2.24) is 4.57 Å². The first-order valence-corrected chi connectivity index (χ1v) is 8.10. The van der Waals surface area contributed by atoms with Crippen LogP contribution in [0.3, 0.4) is 0 Å². The molecule has 0 amide bonds. The molecule has 0 fully saturated rings. The summed E-state index contributed by atoms with van der Waals surface area (Å²) in [7, 11) is 0. The van der Waals surface area contributed by atoms with Crippen LogP contribution in [0.15, 0.2) is 60.8 Å². The Hall–Kier alpha value is -1.53. The molecular formula is C15H10Br2N4. The number of halogens is 2. The van der Waals surface area contributed by atoms with Gasteiger partial charge in [0.15, 0.2) is 0 Å². The molecule has 0 atom stereocenters. The van der Waals surface area contributed by atoms with E-state index in [-0.39, 0.29) is 0 Å². The second-order valence-electron chi connectivity index (χ2n) is 4.96. The average molecular weight is 406 g/mol. The molecule has 4 nitrogen and oxygen atoms in total. The van der Waals surface area contributed by atoms with Crippen molar-refractivity contribution in [2.45, 2.75) is 6.54 Å². The highest BCUT2D eigenvalue weighted by Crippen LogP contribution is 2.33. The van der Waals surface area contributed by atoms with Crippen LogP contribution in [0.1, 0.15) is 0 Å². The van der Waals surface area contributed by atoms with E-state index in [1.165, 1.54) is 21.8 Å². The number of aromatic nitrogens is 1. The molecule has 3 aromatic rings. The summed E-state index contributed by atoms with van der Waals surface area (Å²) in [5.41, 5.74) is 3.38. The molecule has 2 heterocycles. The van der Waals surface area contributed by atoms with Gasteiger partial charge in [-0.1, -0.05) is 31.9 Å². The van der Waals surface area contributed by atoms with Crippen molar-refractivity contribution in [2.24, 2.45) is 15.4 Å². The number of rotatable bonds is 2. The van der Waals surface area contributed by atoms with E-state index in [9.17, 15) is 0 Å². The lowest BCUT2D eigenvalue weighted by molar-refractivity contribution is 0.925. The fraction of sp³-hybridized carbons (Fsp3) is 0.133. The molecule has 0 saturated heterocycles. The molecule has 0 N–H and O–H groups in total. The van der Waals surface area contributed by atoms with Crippen molar-refractivity contribution in [3.8, 4) is 0 Å². The van der Waals surface area contributed by atoms with Crippen molar-refractivity contribution >= 4 is 59.4 Å². The number of fused-ring (bicyclic) bond motifs is 3. The van der Waals surface area contributed by atoms with Crippen molar-refractivity contribution < 1.29 is 0 Å². The second kappa shape index (κ2) is 5.03. The molecule has 1 aliphatic heterocycles. The molecule has 2 aromatic carbocycles. The van der Waals surface area contributed by atoms with Crippen LogP contribution in [0.4, 0.5) is 0 Å². The van der Waals surface area contributed by atoms with E-state index in [4.69, 9.17) is 0 Å². The molecule has 0 bridgehead atoms. The van der Waals surface area contributed by atoms with Crippen molar-refractivity contribution in [3.63, 3.8) is 0 Å². The van der Waals surface area contributed by atoms with Crippen LogP contribution in [-0.2, 0) is 6.54 Å². The molecule has 6 heteroatoms. The van der Waals surface area contributed by atoms with E-state index in [1.54, 1.807) is 0 Å². The Labute approximate surface area is 137 Å². The van der Waals surface area contributed by atoms with E-state index in [1.807, 2.05) is 0 Å². The molecule has 0 unspecified atom stereocenters. The first kappa shape index (κ1) is 13.2. The zero-order valence-electron chi connectivity index (χ0n) is 10.9.